The number of carbonyl (C=O) groups is 1. The summed E-state index contributed by atoms with van der Waals surface area (Å²) in [5, 5.41) is 2.93. The summed E-state index contributed by atoms with van der Waals surface area (Å²) in [7, 11) is 1.58. The van der Waals surface area contributed by atoms with Crippen molar-refractivity contribution >= 4 is 28.0 Å². The van der Waals surface area contributed by atoms with Gasteiger partial charge in [0, 0.05) is 19.1 Å². The molecular weight excluding hydrogens is 376 g/mol. The average Bonchev–Trinajstić information content (AvgIpc) is 2.48. The fraction of sp³-hybridized carbons (Fsp3) is 0.688. The van der Waals surface area contributed by atoms with Gasteiger partial charge < -0.3 is 19.7 Å². The van der Waals surface area contributed by atoms with Gasteiger partial charge in [0.1, 0.15) is 10.1 Å². The summed E-state index contributed by atoms with van der Waals surface area (Å²) in [5.74, 6) is 1.13. The molecule has 2 heterocycles. The van der Waals surface area contributed by atoms with Gasteiger partial charge in [-0.05, 0) is 56.5 Å². The Balaban J connectivity index is 2.05. The van der Waals surface area contributed by atoms with E-state index in [1.165, 1.54) is 0 Å². The third-order valence-electron chi connectivity index (χ3n) is 3.59. The lowest BCUT2D eigenvalue weighted by atomic mass is 10.1. The second kappa shape index (κ2) is 7.55. The number of carbonyl (C=O) groups excluding carboxylic acids is 1. The van der Waals surface area contributed by atoms with E-state index in [9.17, 15) is 4.79 Å². The molecule has 0 radical (unpaired) electrons. The van der Waals surface area contributed by atoms with E-state index in [1.54, 1.807) is 7.11 Å². The maximum absolute atomic E-state index is 12.0. The number of methoxy groups -OCH3 is 1. The van der Waals surface area contributed by atoms with E-state index < -0.39 is 5.60 Å². The fourth-order valence-electron chi connectivity index (χ4n) is 2.55. The molecule has 1 fully saturated rings. The molecule has 0 spiro atoms. The molecule has 1 saturated heterocycles. The first kappa shape index (κ1) is 18.8. The summed E-state index contributed by atoms with van der Waals surface area (Å²) in [6.45, 7) is 8.94. The number of hydrogen-bond donors (Lipinski definition) is 1. The van der Waals surface area contributed by atoms with Crippen molar-refractivity contribution in [3.05, 3.63) is 10.2 Å². The monoisotopic (exact) mass is 400 g/mol. The van der Waals surface area contributed by atoms with Gasteiger partial charge in [-0.1, -0.05) is 0 Å². The van der Waals surface area contributed by atoms with E-state index in [0.717, 1.165) is 29.6 Å². The maximum atomic E-state index is 12.0. The predicted octanol–water partition coefficient (Wildman–Crippen LogP) is 3.05. The van der Waals surface area contributed by atoms with Crippen LogP contribution in [0, 0.1) is 6.92 Å². The minimum Gasteiger partial charge on any atom is -0.480 e. The van der Waals surface area contributed by atoms with Gasteiger partial charge in [0.2, 0.25) is 11.8 Å². The molecule has 1 aromatic rings. The molecule has 0 aliphatic carbocycles. The molecule has 8 heteroatoms. The lowest BCUT2D eigenvalue weighted by Gasteiger charge is -2.33. The molecule has 1 aliphatic rings. The first-order chi connectivity index (χ1) is 11.2. The van der Waals surface area contributed by atoms with Crippen LogP contribution in [0.5, 0.6) is 5.88 Å². The number of aromatic nitrogens is 2. The smallest absolute Gasteiger partial charge is 0.407 e. The maximum Gasteiger partial charge on any atom is 0.407 e. The highest BCUT2D eigenvalue weighted by Gasteiger charge is 2.26. The number of amides is 1. The van der Waals surface area contributed by atoms with Crippen LogP contribution in [0.3, 0.4) is 0 Å². The number of piperidine rings is 1. The standard InChI is InChI=1S/C16H25BrN4O3/c1-10-12(17)13(23-5)20-14(18-10)21-8-6-7-11(9-21)19-15(22)24-16(2,3)4/h11H,6-9H2,1-5H3,(H,19,22). The number of aryl methyl sites for hydroxylation is 1. The lowest BCUT2D eigenvalue weighted by Crippen LogP contribution is -2.49. The van der Waals surface area contributed by atoms with E-state index in [1.807, 2.05) is 27.7 Å². The Bertz CT molecular complexity index is 604. The van der Waals surface area contributed by atoms with Gasteiger partial charge in [0.05, 0.1) is 12.8 Å². The number of rotatable bonds is 3. The molecule has 2 rings (SSSR count). The minimum absolute atomic E-state index is 0.00662. The zero-order valence-electron chi connectivity index (χ0n) is 14.9. The summed E-state index contributed by atoms with van der Waals surface area (Å²) >= 11 is 3.43. The summed E-state index contributed by atoms with van der Waals surface area (Å²) in [4.78, 5) is 23.0. The number of halogens is 1. The zero-order chi connectivity index (χ0) is 17.9. The van der Waals surface area contributed by atoms with Crippen LogP contribution in [0.2, 0.25) is 0 Å². The Morgan fingerprint density at radius 3 is 2.71 bits per heavy atom. The van der Waals surface area contributed by atoms with Crippen LogP contribution in [-0.4, -0.2) is 47.9 Å². The number of nitrogens with one attached hydrogen (secondary N) is 1. The molecule has 1 unspecified atom stereocenters. The molecule has 1 amide bonds. The SMILES string of the molecule is COc1nc(N2CCCC(NC(=O)OC(C)(C)C)C2)nc(C)c1Br. The quantitative estimate of drug-likeness (QED) is 0.839. The van der Waals surface area contributed by atoms with Crippen molar-refractivity contribution in [3.63, 3.8) is 0 Å². The average molecular weight is 401 g/mol. The Morgan fingerprint density at radius 1 is 1.38 bits per heavy atom. The van der Waals surface area contributed by atoms with Crippen molar-refractivity contribution in [1.29, 1.82) is 0 Å². The highest BCUT2D eigenvalue weighted by molar-refractivity contribution is 9.10. The summed E-state index contributed by atoms with van der Waals surface area (Å²) in [6.07, 6.45) is 1.46. The molecule has 0 saturated carbocycles. The van der Waals surface area contributed by atoms with E-state index in [0.29, 0.717) is 18.4 Å². The Morgan fingerprint density at radius 2 is 2.08 bits per heavy atom. The van der Waals surface area contributed by atoms with Crippen LogP contribution in [0.15, 0.2) is 4.47 Å². The highest BCUT2D eigenvalue weighted by Crippen LogP contribution is 2.28. The van der Waals surface area contributed by atoms with Crippen molar-refractivity contribution < 1.29 is 14.3 Å². The van der Waals surface area contributed by atoms with Gasteiger partial charge in [0.15, 0.2) is 0 Å². The molecule has 1 atom stereocenters. The van der Waals surface area contributed by atoms with Crippen LogP contribution in [0.25, 0.3) is 0 Å². The molecule has 0 bridgehead atoms. The van der Waals surface area contributed by atoms with Gasteiger partial charge in [-0.3, -0.25) is 0 Å². The normalized spacial score (nSPS) is 18.2. The van der Waals surface area contributed by atoms with Gasteiger partial charge >= 0.3 is 6.09 Å². The molecule has 1 N–H and O–H groups in total. The molecule has 24 heavy (non-hydrogen) atoms. The van der Waals surface area contributed by atoms with Crippen LogP contribution in [-0.2, 0) is 4.74 Å². The van der Waals surface area contributed by atoms with Gasteiger partial charge in [-0.25, -0.2) is 9.78 Å². The van der Waals surface area contributed by atoms with Gasteiger partial charge in [-0.2, -0.15) is 4.98 Å². The summed E-state index contributed by atoms with van der Waals surface area (Å²) in [5.41, 5.74) is 0.316. The second-order valence-electron chi connectivity index (χ2n) is 6.86. The van der Waals surface area contributed by atoms with E-state index in [4.69, 9.17) is 9.47 Å². The molecular formula is C16H25BrN4O3. The number of ether oxygens (including phenoxy) is 2. The molecule has 134 valence electrons. The van der Waals surface area contributed by atoms with Gasteiger partial charge in [-0.15, -0.1) is 0 Å². The zero-order valence-corrected chi connectivity index (χ0v) is 16.4. The molecule has 1 aromatic heterocycles. The third-order valence-corrected chi connectivity index (χ3v) is 4.51. The topological polar surface area (TPSA) is 76.6 Å². The molecule has 0 aromatic carbocycles. The van der Waals surface area contributed by atoms with Crippen LogP contribution >= 0.6 is 15.9 Å². The number of nitrogens with zero attached hydrogens (tertiary/aromatic N) is 3. The van der Waals surface area contributed by atoms with Gasteiger partial charge in [0.25, 0.3) is 0 Å². The van der Waals surface area contributed by atoms with E-state index >= 15 is 0 Å². The highest BCUT2D eigenvalue weighted by atomic mass is 79.9. The minimum atomic E-state index is -0.502. The van der Waals surface area contributed by atoms with Crippen LogP contribution in [0.1, 0.15) is 39.3 Å². The fourth-order valence-corrected chi connectivity index (χ4v) is 2.89. The molecule has 7 nitrogen and oxygen atoms in total. The Hall–Kier alpha value is -1.57. The van der Waals surface area contributed by atoms with Crippen molar-refractivity contribution in [1.82, 2.24) is 15.3 Å². The summed E-state index contributed by atoms with van der Waals surface area (Å²) in [6, 6.07) is 0.00662. The molecule has 1 aliphatic heterocycles. The first-order valence-corrected chi connectivity index (χ1v) is 8.81. The van der Waals surface area contributed by atoms with Crippen LogP contribution < -0.4 is 15.0 Å². The number of hydrogen-bond acceptors (Lipinski definition) is 6. The Kier molecular flexibility index (Phi) is 5.90. The summed E-state index contributed by atoms with van der Waals surface area (Å²) < 4.78 is 11.4. The lowest BCUT2D eigenvalue weighted by molar-refractivity contribution is 0.0500. The van der Waals surface area contributed by atoms with E-state index in [-0.39, 0.29) is 12.1 Å². The van der Waals surface area contributed by atoms with Crippen molar-refractivity contribution in [2.24, 2.45) is 0 Å². The van der Waals surface area contributed by atoms with Crippen molar-refractivity contribution in [2.45, 2.75) is 52.2 Å². The van der Waals surface area contributed by atoms with Crippen LogP contribution in [0.4, 0.5) is 10.7 Å². The number of alkyl carbamates (subject to hydrolysis) is 1. The third kappa shape index (κ3) is 4.96. The largest absolute Gasteiger partial charge is 0.480 e. The van der Waals surface area contributed by atoms with Crippen molar-refractivity contribution in [2.75, 3.05) is 25.1 Å². The Labute approximate surface area is 151 Å². The van der Waals surface area contributed by atoms with Crippen molar-refractivity contribution in [3.8, 4) is 5.88 Å². The predicted molar refractivity (Wildman–Crippen MR) is 95.6 cm³/mol. The number of anilines is 1. The second-order valence-corrected chi connectivity index (χ2v) is 7.66. The van der Waals surface area contributed by atoms with E-state index in [2.05, 4.69) is 36.1 Å². The first-order valence-electron chi connectivity index (χ1n) is 8.02.